The fourth-order valence-electron chi connectivity index (χ4n) is 7.05. The molecule has 2 saturated carbocycles. The van der Waals surface area contributed by atoms with E-state index in [0.717, 1.165) is 0 Å². The lowest BCUT2D eigenvalue weighted by Gasteiger charge is -2.68. The van der Waals surface area contributed by atoms with Crippen molar-refractivity contribution in [1.82, 2.24) is 0 Å². The van der Waals surface area contributed by atoms with Gasteiger partial charge in [-0.05, 0) is 32.1 Å². The molecule has 0 aromatic heterocycles. The lowest BCUT2D eigenvalue weighted by Crippen LogP contribution is -2.78. The molecule has 31 heavy (non-hydrogen) atoms. The van der Waals surface area contributed by atoms with E-state index in [1.807, 2.05) is 20.8 Å². The van der Waals surface area contributed by atoms with Crippen LogP contribution in [-0.4, -0.2) is 52.3 Å². The molecule has 3 rings (SSSR count). The summed E-state index contributed by atoms with van der Waals surface area (Å²) in [5.41, 5.74) is -3.61. The summed E-state index contributed by atoms with van der Waals surface area (Å²) in [4.78, 5) is 38.0. The van der Waals surface area contributed by atoms with Gasteiger partial charge in [-0.15, -0.1) is 6.58 Å². The van der Waals surface area contributed by atoms with Gasteiger partial charge in [0.05, 0.1) is 17.6 Å². The van der Waals surface area contributed by atoms with E-state index < -0.39 is 58.7 Å². The van der Waals surface area contributed by atoms with E-state index in [1.165, 1.54) is 13.8 Å². The lowest BCUT2D eigenvalue weighted by atomic mass is 9.41. The Labute approximate surface area is 184 Å². The van der Waals surface area contributed by atoms with E-state index in [2.05, 4.69) is 6.58 Å². The summed E-state index contributed by atoms with van der Waals surface area (Å²) >= 11 is 0. The summed E-state index contributed by atoms with van der Waals surface area (Å²) in [5, 5.41) is 11.3. The van der Waals surface area contributed by atoms with Crippen LogP contribution in [0.4, 0.5) is 0 Å². The van der Waals surface area contributed by atoms with Crippen LogP contribution in [0.2, 0.25) is 0 Å². The number of carbonyl (C=O) groups excluding carboxylic acids is 3. The number of hydrogen-bond acceptors (Lipinski definition) is 7. The van der Waals surface area contributed by atoms with Crippen molar-refractivity contribution >= 4 is 17.7 Å². The van der Waals surface area contributed by atoms with Gasteiger partial charge in [0.1, 0.15) is 17.5 Å². The molecular weight excluding hydrogens is 400 g/mol. The predicted octanol–water partition coefficient (Wildman–Crippen LogP) is 2.98. The highest BCUT2D eigenvalue weighted by molar-refractivity contribution is 5.86. The standard InChI is InChI=1S/C24H36O7/c1-9-22(6)12-15(27)18-23(7)16(28)10-11-21(4,5)19(23)17(29-13(2)25)20(30-14(3)26)24(18,8)31-22/h9,16-20,28H,1,10-12H2,2-8H3/t16?,17?,18?,19?,20?,22-,23+,24-/m0/s1. The van der Waals surface area contributed by atoms with Gasteiger partial charge in [-0.2, -0.15) is 0 Å². The Bertz CT molecular complexity index is 804. The largest absolute Gasteiger partial charge is 0.458 e. The van der Waals surface area contributed by atoms with Crippen LogP contribution in [0.15, 0.2) is 12.7 Å². The van der Waals surface area contributed by atoms with Crippen LogP contribution in [0.1, 0.15) is 67.7 Å². The van der Waals surface area contributed by atoms with Crippen LogP contribution >= 0.6 is 0 Å². The second-order valence-electron chi connectivity index (χ2n) is 10.9. The highest BCUT2D eigenvalue weighted by atomic mass is 16.6. The molecule has 3 aliphatic rings. The smallest absolute Gasteiger partial charge is 0.303 e. The van der Waals surface area contributed by atoms with Crippen LogP contribution in [0.3, 0.4) is 0 Å². The molecule has 2 aliphatic carbocycles. The van der Waals surface area contributed by atoms with Crippen LogP contribution in [0, 0.1) is 22.7 Å². The molecular formula is C24H36O7. The normalized spacial score (nSPS) is 46.3. The highest BCUT2D eigenvalue weighted by Crippen LogP contribution is 2.65. The van der Waals surface area contributed by atoms with Gasteiger partial charge in [-0.25, -0.2) is 0 Å². The second-order valence-corrected chi connectivity index (χ2v) is 10.9. The number of esters is 2. The van der Waals surface area contributed by atoms with E-state index in [1.54, 1.807) is 19.9 Å². The molecule has 0 spiro atoms. The Morgan fingerprint density at radius 2 is 1.71 bits per heavy atom. The van der Waals surface area contributed by atoms with E-state index in [9.17, 15) is 19.5 Å². The van der Waals surface area contributed by atoms with Crippen LogP contribution in [0.25, 0.3) is 0 Å². The Hall–Kier alpha value is -1.73. The van der Waals surface area contributed by atoms with Gasteiger partial charge in [-0.3, -0.25) is 14.4 Å². The first-order chi connectivity index (χ1) is 14.1. The molecule has 0 bridgehead atoms. The topological polar surface area (TPSA) is 99.1 Å². The molecule has 3 fully saturated rings. The maximum absolute atomic E-state index is 13.7. The van der Waals surface area contributed by atoms with Crippen molar-refractivity contribution in [1.29, 1.82) is 0 Å². The molecule has 174 valence electrons. The number of rotatable bonds is 3. The number of aliphatic hydroxyl groups is 1. The minimum atomic E-state index is -1.32. The molecule has 1 N–H and O–H groups in total. The van der Waals surface area contributed by atoms with Crippen molar-refractivity contribution < 1.29 is 33.7 Å². The first kappa shape index (κ1) is 23.9. The van der Waals surface area contributed by atoms with E-state index >= 15 is 0 Å². The average Bonchev–Trinajstić information content (AvgIpc) is 2.60. The van der Waals surface area contributed by atoms with E-state index in [4.69, 9.17) is 14.2 Å². The fourth-order valence-corrected chi connectivity index (χ4v) is 7.05. The Morgan fingerprint density at radius 3 is 2.23 bits per heavy atom. The van der Waals surface area contributed by atoms with Gasteiger partial charge in [0, 0.05) is 31.6 Å². The van der Waals surface area contributed by atoms with Crippen molar-refractivity contribution in [2.75, 3.05) is 0 Å². The molecule has 7 heteroatoms. The molecule has 0 aromatic carbocycles. The SMILES string of the molecule is C=C[C@@]1(C)CC(=O)C2[C@](C)(O1)C(OC(C)=O)C(OC(C)=O)C1C(C)(C)CCC(O)[C@@]12C. The van der Waals surface area contributed by atoms with Gasteiger partial charge in [0.15, 0.2) is 6.10 Å². The maximum Gasteiger partial charge on any atom is 0.303 e. The summed E-state index contributed by atoms with van der Waals surface area (Å²) in [7, 11) is 0. The molecule has 1 heterocycles. The van der Waals surface area contributed by atoms with Crippen LogP contribution in [-0.2, 0) is 28.6 Å². The van der Waals surface area contributed by atoms with Crippen molar-refractivity contribution in [3.63, 3.8) is 0 Å². The van der Waals surface area contributed by atoms with Crippen molar-refractivity contribution in [2.45, 2.75) is 97.2 Å². The third-order valence-electron chi connectivity index (χ3n) is 8.01. The lowest BCUT2D eigenvalue weighted by molar-refractivity contribution is -0.322. The molecule has 1 aliphatic heterocycles. The van der Waals surface area contributed by atoms with E-state index in [-0.39, 0.29) is 17.6 Å². The zero-order valence-electron chi connectivity index (χ0n) is 19.7. The minimum absolute atomic E-state index is 0.0705. The summed E-state index contributed by atoms with van der Waals surface area (Å²) in [6.07, 6.45) is 0.200. The van der Waals surface area contributed by atoms with Crippen molar-refractivity contribution in [3.8, 4) is 0 Å². The number of fused-ring (bicyclic) bond motifs is 3. The van der Waals surface area contributed by atoms with Crippen molar-refractivity contribution in [3.05, 3.63) is 12.7 Å². The first-order valence-electron chi connectivity index (χ1n) is 11.0. The number of ether oxygens (including phenoxy) is 3. The zero-order valence-corrected chi connectivity index (χ0v) is 19.7. The third kappa shape index (κ3) is 3.54. The number of carbonyl (C=O) groups is 3. The van der Waals surface area contributed by atoms with Gasteiger partial charge in [-0.1, -0.05) is 26.8 Å². The molecule has 5 unspecified atom stereocenters. The second kappa shape index (κ2) is 7.41. The molecule has 7 nitrogen and oxygen atoms in total. The van der Waals surface area contributed by atoms with E-state index in [0.29, 0.717) is 12.8 Å². The Balaban J connectivity index is 2.31. The van der Waals surface area contributed by atoms with Crippen molar-refractivity contribution in [2.24, 2.45) is 22.7 Å². The maximum atomic E-state index is 13.7. The number of aliphatic hydroxyl groups excluding tert-OH is 1. The third-order valence-corrected chi connectivity index (χ3v) is 8.01. The molecule has 0 radical (unpaired) electrons. The quantitative estimate of drug-likeness (QED) is 0.536. The van der Waals surface area contributed by atoms with Crippen LogP contribution < -0.4 is 0 Å². The average molecular weight is 437 g/mol. The highest BCUT2D eigenvalue weighted by Gasteiger charge is 2.74. The van der Waals surface area contributed by atoms with Gasteiger partial charge >= 0.3 is 11.9 Å². The molecule has 1 saturated heterocycles. The minimum Gasteiger partial charge on any atom is -0.458 e. The van der Waals surface area contributed by atoms with Crippen LogP contribution in [0.5, 0.6) is 0 Å². The Morgan fingerprint density at radius 1 is 1.13 bits per heavy atom. The summed E-state index contributed by atoms with van der Waals surface area (Å²) in [6, 6.07) is 0. The molecule has 8 atom stereocenters. The Kier molecular flexibility index (Phi) is 5.72. The van der Waals surface area contributed by atoms with Gasteiger partial charge < -0.3 is 19.3 Å². The zero-order chi connectivity index (χ0) is 23.6. The fraction of sp³-hybridized carbons (Fsp3) is 0.792. The summed E-state index contributed by atoms with van der Waals surface area (Å²) < 4.78 is 18.1. The predicted molar refractivity (Wildman–Crippen MR) is 113 cm³/mol. The summed E-state index contributed by atoms with van der Waals surface area (Å²) in [5.74, 6) is -2.31. The number of hydrogen-bond donors (Lipinski definition) is 1. The molecule has 0 aromatic rings. The number of Topliss-reactive ketones (excluding diaryl/α,β-unsaturated/α-hetero) is 1. The monoisotopic (exact) mass is 436 g/mol. The van der Waals surface area contributed by atoms with Gasteiger partial charge in [0.25, 0.3) is 0 Å². The molecule has 0 amide bonds. The summed E-state index contributed by atoms with van der Waals surface area (Å²) in [6.45, 7) is 15.9. The van der Waals surface area contributed by atoms with Gasteiger partial charge in [0.2, 0.25) is 0 Å². The number of ketones is 1. The first-order valence-corrected chi connectivity index (χ1v) is 11.0.